The third-order valence-electron chi connectivity index (χ3n) is 3.04. The fourth-order valence-electron chi connectivity index (χ4n) is 1.98. The lowest BCUT2D eigenvalue weighted by molar-refractivity contribution is -0.115. The fourth-order valence-corrected chi connectivity index (χ4v) is 3.12. The molecule has 0 spiro atoms. The number of nitrogens with zero attached hydrogens (tertiary/aromatic N) is 2. The molecule has 1 aromatic carbocycles. The lowest BCUT2D eigenvalue weighted by Gasteiger charge is -2.04. The van der Waals surface area contributed by atoms with Gasteiger partial charge in [0.1, 0.15) is 5.01 Å². The molecule has 0 bridgehead atoms. The average molecular weight is 346 g/mol. The number of hydrogen-bond acceptors (Lipinski definition) is 5. The van der Waals surface area contributed by atoms with Gasteiger partial charge in [0.2, 0.25) is 5.91 Å². The number of rotatable bonds is 4. The molecule has 5 nitrogen and oxygen atoms in total. The highest BCUT2D eigenvalue weighted by molar-refractivity contribution is 7.13. The Labute approximate surface area is 141 Å². The average Bonchev–Trinajstić information content (AvgIpc) is 2.98. The molecule has 2 N–H and O–H groups in total. The number of carbonyl (C=O) groups excluding carboxylic acids is 1. The van der Waals surface area contributed by atoms with Gasteiger partial charge in [-0.05, 0) is 18.2 Å². The van der Waals surface area contributed by atoms with Crippen LogP contribution in [0.5, 0.6) is 5.75 Å². The molecule has 0 aliphatic carbocycles. The normalized spacial score (nSPS) is 10.5. The van der Waals surface area contributed by atoms with Gasteiger partial charge in [0.05, 0.1) is 17.1 Å². The number of halogens is 1. The van der Waals surface area contributed by atoms with E-state index in [1.807, 2.05) is 23.6 Å². The molecule has 0 atom stereocenters. The number of aromatic hydroxyl groups is 1. The summed E-state index contributed by atoms with van der Waals surface area (Å²) in [6.07, 6.45) is 1.59. The molecule has 7 heteroatoms. The third-order valence-corrected chi connectivity index (χ3v) is 4.30. The highest BCUT2D eigenvalue weighted by Crippen LogP contribution is 2.30. The van der Waals surface area contributed by atoms with E-state index >= 15 is 0 Å². The van der Waals surface area contributed by atoms with Crippen LogP contribution in [0.3, 0.4) is 0 Å². The summed E-state index contributed by atoms with van der Waals surface area (Å²) in [4.78, 5) is 20.4. The Bertz CT molecular complexity index is 851. The Morgan fingerprint density at radius 1 is 1.26 bits per heavy atom. The Hall–Kier alpha value is -2.44. The zero-order valence-corrected chi connectivity index (χ0v) is 13.4. The van der Waals surface area contributed by atoms with E-state index in [0.29, 0.717) is 10.7 Å². The number of aromatic nitrogens is 2. The van der Waals surface area contributed by atoms with Crippen LogP contribution in [0.1, 0.15) is 5.69 Å². The standard InChI is InChI=1S/C16H12ClN3O2S/c17-12-5-2-1-4-11(12)16-19-10(9-23-16)8-14(22)20-15-13(21)6-3-7-18-15/h1-7,9,21H,8H2,(H,18,20,22). The summed E-state index contributed by atoms with van der Waals surface area (Å²) in [5.41, 5.74) is 1.48. The Balaban J connectivity index is 1.71. The lowest BCUT2D eigenvalue weighted by Crippen LogP contribution is -2.15. The zero-order chi connectivity index (χ0) is 16.2. The number of benzene rings is 1. The molecule has 3 aromatic rings. The van der Waals surface area contributed by atoms with E-state index in [1.54, 1.807) is 12.1 Å². The maximum absolute atomic E-state index is 12.0. The summed E-state index contributed by atoms with van der Waals surface area (Å²) in [5, 5.41) is 15.4. The topological polar surface area (TPSA) is 75.1 Å². The molecule has 0 radical (unpaired) electrons. The number of carbonyl (C=O) groups is 1. The molecule has 23 heavy (non-hydrogen) atoms. The summed E-state index contributed by atoms with van der Waals surface area (Å²) in [5.74, 6) is -0.232. The minimum absolute atomic E-state index is 0.0733. The lowest BCUT2D eigenvalue weighted by atomic mass is 10.2. The van der Waals surface area contributed by atoms with Crippen LogP contribution in [0.2, 0.25) is 5.02 Å². The van der Waals surface area contributed by atoms with Crippen molar-refractivity contribution in [1.82, 2.24) is 9.97 Å². The number of hydrogen-bond donors (Lipinski definition) is 2. The molecular formula is C16H12ClN3O2S. The van der Waals surface area contributed by atoms with Crippen molar-refractivity contribution in [3.05, 3.63) is 58.7 Å². The third kappa shape index (κ3) is 3.67. The van der Waals surface area contributed by atoms with Crippen molar-refractivity contribution in [3.8, 4) is 16.3 Å². The molecule has 1 amide bonds. The number of thiazole rings is 1. The van der Waals surface area contributed by atoms with E-state index in [9.17, 15) is 9.90 Å². The summed E-state index contributed by atoms with van der Waals surface area (Å²) < 4.78 is 0. The van der Waals surface area contributed by atoms with E-state index in [0.717, 1.165) is 10.6 Å². The second-order valence-corrected chi connectivity index (χ2v) is 5.99. The molecule has 0 aliphatic rings. The highest BCUT2D eigenvalue weighted by atomic mass is 35.5. The van der Waals surface area contributed by atoms with Crippen LogP contribution in [0.4, 0.5) is 5.82 Å². The molecule has 0 saturated heterocycles. The van der Waals surface area contributed by atoms with Crippen LogP contribution in [-0.4, -0.2) is 21.0 Å². The van der Waals surface area contributed by atoms with E-state index in [1.165, 1.54) is 23.6 Å². The quantitative estimate of drug-likeness (QED) is 0.755. The summed E-state index contributed by atoms with van der Waals surface area (Å²) in [6.45, 7) is 0. The first kappa shape index (κ1) is 15.5. The minimum atomic E-state index is -0.296. The fraction of sp³-hybridized carbons (Fsp3) is 0.0625. The first-order chi connectivity index (χ1) is 11.1. The SMILES string of the molecule is O=C(Cc1csc(-c2ccccc2Cl)n1)Nc1ncccc1O. The van der Waals surface area contributed by atoms with Crippen molar-refractivity contribution in [2.75, 3.05) is 5.32 Å². The maximum atomic E-state index is 12.0. The van der Waals surface area contributed by atoms with E-state index in [2.05, 4.69) is 15.3 Å². The molecule has 2 aromatic heterocycles. The van der Waals surface area contributed by atoms with Crippen LogP contribution < -0.4 is 5.32 Å². The molecule has 3 rings (SSSR count). The second kappa shape index (κ2) is 6.76. The van der Waals surface area contributed by atoms with Gasteiger partial charge in [0.25, 0.3) is 0 Å². The van der Waals surface area contributed by atoms with Crippen LogP contribution in [0.15, 0.2) is 48.0 Å². The van der Waals surface area contributed by atoms with Crippen molar-refractivity contribution in [1.29, 1.82) is 0 Å². The second-order valence-electron chi connectivity index (χ2n) is 4.72. The van der Waals surface area contributed by atoms with Gasteiger partial charge < -0.3 is 10.4 Å². The van der Waals surface area contributed by atoms with Crippen LogP contribution in [0, 0.1) is 0 Å². The van der Waals surface area contributed by atoms with E-state index in [-0.39, 0.29) is 23.9 Å². The number of amides is 1. The Morgan fingerprint density at radius 2 is 2.09 bits per heavy atom. The van der Waals surface area contributed by atoms with Crippen LogP contribution in [0.25, 0.3) is 10.6 Å². The first-order valence-electron chi connectivity index (χ1n) is 6.76. The van der Waals surface area contributed by atoms with E-state index in [4.69, 9.17) is 11.6 Å². The highest BCUT2D eigenvalue weighted by Gasteiger charge is 2.12. The smallest absolute Gasteiger partial charge is 0.231 e. The molecule has 0 unspecified atom stereocenters. The molecule has 0 saturated carbocycles. The zero-order valence-electron chi connectivity index (χ0n) is 11.9. The van der Waals surface area contributed by atoms with Crippen molar-refractivity contribution >= 4 is 34.7 Å². The Kier molecular flexibility index (Phi) is 4.55. The van der Waals surface area contributed by atoms with Gasteiger partial charge in [-0.2, -0.15) is 0 Å². The van der Waals surface area contributed by atoms with Gasteiger partial charge in [-0.3, -0.25) is 4.79 Å². The van der Waals surface area contributed by atoms with Crippen molar-refractivity contribution in [2.24, 2.45) is 0 Å². The summed E-state index contributed by atoms with van der Waals surface area (Å²) in [7, 11) is 0. The molecule has 0 aliphatic heterocycles. The predicted molar refractivity (Wildman–Crippen MR) is 90.8 cm³/mol. The number of pyridine rings is 1. The summed E-state index contributed by atoms with van der Waals surface area (Å²) >= 11 is 7.58. The minimum Gasteiger partial charge on any atom is -0.504 e. The van der Waals surface area contributed by atoms with Gasteiger partial charge in [-0.15, -0.1) is 11.3 Å². The maximum Gasteiger partial charge on any atom is 0.231 e. The molecule has 0 fully saturated rings. The van der Waals surface area contributed by atoms with Gasteiger partial charge in [-0.25, -0.2) is 9.97 Å². The Morgan fingerprint density at radius 3 is 2.87 bits per heavy atom. The van der Waals surface area contributed by atoms with Crippen molar-refractivity contribution in [2.45, 2.75) is 6.42 Å². The first-order valence-corrected chi connectivity index (χ1v) is 8.02. The van der Waals surface area contributed by atoms with Gasteiger partial charge in [-0.1, -0.05) is 29.8 Å². The summed E-state index contributed by atoms with van der Waals surface area (Å²) in [6, 6.07) is 10.5. The van der Waals surface area contributed by atoms with E-state index < -0.39 is 0 Å². The van der Waals surface area contributed by atoms with Crippen molar-refractivity contribution < 1.29 is 9.90 Å². The van der Waals surface area contributed by atoms with Crippen molar-refractivity contribution in [3.63, 3.8) is 0 Å². The largest absolute Gasteiger partial charge is 0.504 e. The van der Waals surface area contributed by atoms with Crippen LogP contribution in [-0.2, 0) is 11.2 Å². The number of nitrogens with one attached hydrogen (secondary N) is 1. The van der Waals surface area contributed by atoms with Crippen LogP contribution >= 0.6 is 22.9 Å². The molecular weight excluding hydrogens is 334 g/mol. The van der Waals surface area contributed by atoms with Gasteiger partial charge in [0, 0.05) is 17.1 Å². The number of anilines is 1. The molecule has 116 valence electrons. The van der Waals surface area contributed by atoms with Gasteiger partial charge >= 0.3 is 0 Å². The predicted octanol–water partition coefficient (Wildman–Crippen LogP) is 3.75. The van der Waals surface area contributed by atoms with Gasteiger partial charge in [0.15, 0.2) is 11.6 Å². The monoisotopic (exact) mass is 345 g/mol. The molecule has 2 heterocycles.